The van der Waals surface area contributed by atoms with E-state index >= 15 is 0 Å². The second-order valence-corrected chi connectivity index (χ2v) is 8.37. The Morgan fingerprint density at radius 1 is 1.00 bits per heavy atom. The van der Waals surface area contributed by atoms with Crippen LogP contribution in [-0.2, 0) is 10.0 Å². The van der Waals surface area contributed by atoms with Gasteiger partial charge in [0.05, 0.1) is 10.6 Å². The number of aromatic nitrogens is 2. The molecule has 9 nitrogen and oxygen atoms in total. The molecule has 2 aromatic carbocycles. The zero-order chi connectivity index (χ0) is 21.2. The van der Waals surface area contributed by atoms with E-state index in [2.05, 4.69) is 24.9 Å². The molecule has 4 N–H and O–H groups in total. The maximum absolute atomic E-state index is 12.6. The number of aromatic hydroxyl groups is 1. The fraction of sp³-hybridized carbons (Fsp3) is 0.111. The van der Waals surface area contributed by atoms with Crippen molar-refractivity contribution in [3.05, 3.63) is 68.7 Å². The summed E-state index contributed by atoms with van der Waals surface area (Å²) in [7, 11) is -3.78. The SMILES string of the molecule is Cc1cc(C)cc(NS(=O)(=O)c2ccc(N=Nc3c(O)[nH]c(=S)[nH]c3=O)cc2)c1. The molecule has 0 radical (unpaired) electrons. The van der Waals surface area contributed by atoms with Gasteiger partial charge in [-0.15, -0.1) is 5.11 Å². The summed E-state index contributed by atoms with van der Waals surface area (Å²) in [6.45, 7) is 3.76. The van der Waals surface area contributed by atoms with Crippen LogP contribution in [0.4, 0.5) is 17.1 Å². The summed E-state index contributed by atoms with van der Waals surface area (Å²) < 4.78 is 27.7. The molecule has 1 heterocycles. The number of azo groups is 1. The highest BCUT2D eigenvalue weighted by Gasteiger charge is 2.14. The predicted octanol–water partition coefficient (Wildman–Crippen LogP) is 3.97. The van der Waals surface area contributed by atoms with E-state index < -0.39 is 21.5 Å². The van der Waals surface area contributed by atoms with Gasteiger partial charge in [0.1, 0.15) is 0 Å². The van der Waals surface area contributed by atoms with Gasteiger partial charge in [0.15, 0.2) is 4.77 Å². The molecule has 0 spiro atoms. The van der Waals surface area contributed by atoms with Crippen molar-refractivity contribution in [2.75, 3.05) is 4.72 Å². The lowest BCUT2D eigenvalue weighted by Gasteiger charge is -2.10. The van der Waals surface area contributed by atoms with Gasteiger partial charge in [0, 0.05) is 5.69 Å². The van der Waals surface area contributed by atoms with Gasteiger partial charge in [-0.05, 0) is 73.6 Å². The Labute approximate surface area is 171 Å². The summed E-state index contributed by atoms with van der Waals surface area (Å²) in [5.41, 5.74) is 1.61. The summed E-state index contributed by atoms with van der Waals surface area (Å²) in [6, 6.07) is 11.0. The van der Waals surface area contributed by atoms with E-state index in [1.54, 1.807) is 12.1 Å². The Bertz CT molecular complexity index is 1290. The average Bonchev–Trinajstić information content (AvgIpc) is 2.60. The minimum absolute atomic E-state index is 0.0418. The summed E-state index contributed by atoms with van der Waals surface area (Å²) in [4.78, 5) is 16.4. The third kappa shape index (κ3) is 4.95. The van der Waals surface area contributed by atoms with Crippen LogP contribution in [0.15, 0.2) is 62.4 Å². The monoisotopic (exact) mass is 431 g/mol. The molecule has 0 saturated heterocycles. The molecular formula is C18H17N5O4S2. The van der Waals surface area contributed by atoms with Gasteiger partial charge in [-0.3, -0.25) is 14.5 Å². The van der Waals surface area contributed by atoms with Crippen molar-refractivity contribution in [2.45, 2.75) is 18.7 Å². The predicted molar refractivity (Wildman–Crippen MR) is 111 cm³/mol. The molecule has 0 aliphatic rings. The van der Waals surface area contributed by atoms with Crippen LogP contribution >= 0.6 is 12.2 Å². The van der Waals surface area contributed by atoms with Crippen molar-refractivity contribution in [3.63, 3.8) is 0 Å². The average molecular weight is 431 g/mol. The minimum atomic E-state index is -3.78. The van der Waals surface area contributed by atoms with Crippen molar-refractivity contribution in [1.29, 1.82) is 0 Å². The number of H-pyrrole nitrogens is 2. The lowest BCUT2D eigenvalue weighted by molar-refractivity contribution is 0.451. The number of hydrogen-bond acceptors (Lipinski definition) is 7. The number of nitrogens with zero attached hydrogens (tertiary/aromatic N) is 2. The molecule has 0 bridgehead atoms. The lowest BCUT2D eigenvalue weighted by Crippen LogP contribution is -2.13. The van der Waals surface area contributed by atoms with Gasteiger partial charge in [0.25, 0.3) is 15.6 Å². The number of aromatic amines is 2. The van der Waals surface area contributed by atoms with E-state index in [1.165, 1.54) is 24.3 Å². The Morgan fingerprint density at radius 2 is 1.62 bits per heavy atom. The van der Waals surface area contributed by atoms with Crippen molar-refractivity contribution in [3.8, 4) is 5.88 Å². The van der Waals surface area contributed by atoms with Crippen molar-refractivity contribution in [2.24, 2.45) is 10.2 Å². The van der Waals surface area contributed by atoms with Crippen LogP contribution in [0.25, 0.3) is 0 Å². The number of benzene rings is 2. The van der Waals surface area contributed by atoms with Crippen LogP contribution in [0.3, 0.4) is 0 Å². The molecule has 0 aliphatic carbocycles. The second kappa shape index (κ2) is 7.97. The smallest absolute Gasteiger partial charge is 0.283 e. The first-order chi connectivity index (χ1) is 13.6. The molecule has 0 amide bonds. The first-order valence-corrected chi connectivity index (χ1v) is 10.2. The summed E-state index contributed by atoms with van der Waals surface area (Å²) in [6.07, 6.45) is 0. The van der Waals surface area contributed by atoms with Gasteiger partial charge < -0.3 is 10.1 Å². The topological polar surface area (TPSA) is 140 Å². The zero-order valence-electron chi connectivity index (χ0n) is 15.4. The number of anilines is 1. The minimum Gasteiger partial charge on any atom is -0.493 e. The van der Waals surface area contributed by atoms with Crippen molar-refractivity contribution >= 4 is 39.3 Å². The molecule has 0 unspecified atom stereocenters. The highest BCUT2D eigenvalue weighted by atomic mass is 32.2. The molecule has 150 valence electrons. The first kappa shape index (κ1) is 20.4. The van der Waals surface area contributed by atoms with Gasteiger partial charge in [-0.2, -0.15) is 5.11 Å². The number of rotatable bonds is 5. The molecule has 0 saturated carbocycles. The fourth-order valence-electron chi connectivity index (χ4n) is 2.61. The standard InChI is InChI=1S/C18H17N5O4S2/c1-10-7-11(2)9-13(8-10)23-29(26,27)14-5-3-12(4-6-14)21-22-15-16(24)19-18(28)20-17(15)25/h3-9,23H,1-2H3,(H3,19,20,24,25,28). The number of sulfonamides is 1. The van der Waals surface area contributed by atoms with Crippen LogP contribution in [0, 0.1) is 18.6 Å². The highest BCUT2D eigenvalue weighted by Crippen LogP contribution is 2.24. The first-order valence-electron chi connectivity index (χ1n) is 8.32. The quantitative estimate of drug-likeness (QED) is 0.357. The Morgan fingerprint density at radius 3 is 2.21 bits per heavy atom. The van der Waals surface area contributed by atoms with Gasteiger partial charge in [-0.25, -0.2) is 8.42 Å². The van der Waals surface area contributed by atoms with E-state index in [1.807, 2.05) is 19.9 Å². The second-order valence-electron chi connectivity index (χ2n) is 6.28. The van der Waals surface area contributed by atoms with E-state index in [4.69, 9.17) is 12.2 Å². The van der Waals surface area contributed by atoms with Gasteiger partial charge in [0.2, 0.25) is 11.6 Å². The Kier molecular flexibility index (Phi) is 5.62. The molecule has 29 heavy (non-hydrogen) atoms. The summed E-state index contributed by atoms with van der Waals surface area (Å²) >= 11 is 4.73. The van der Waals surface area contributed by atoms with E-state index in [0.29, 0.717) is 5.69 Å². The van der Waals surface area contributed by atoms with E-state index in [-0.39, 0.29) is 21.0 Å². The molecule has 3 rings (SSSR count). The summed E-state index contributed by atoms with van der Waals surface area (Å²) in [5, 5.41) is 17.2. The Balaban J connectivity index is 1.82. The Hall–Kier alpha value is -3.31. The maximum Gasteiger partial charge on any atom is 0.283 e. The van der Waals surface area contributed by atoms with Crippen molar-refractivity contribution < 1.29 is 13.5 Å². The largest absolute Gasteiger partial charge is 0.493 e. The van der Waals surface area contributed by atoms with Gasteiger partial charge in [-0.1, -0.05) is 6.07 Å². The van der Waals surface area contributed by atoms with Crippen LogP contribution in [0.1, 0.15) is 11.1 Å². The number of hydrogen-bond donors (Lipinski definition) is 4. The van der Waals surface area contributed by atoms with E-state index in [9.17, 15) is 18.3 Å². The van der Waals surface area contributed by atoms with Crippen LogP contribution in [0.5, 0.6) is 5.88 Å². The van der Waals surface area contributed by atoms with E-state index in [0.717, 1.165) is 11.1 Å². The molecule has 0 fully saturated rings. The maximum atomic E-state index is 12.6. The number of aryl methyl sites for hydroxylation is 2. The number of nitrogens with one attached hydrogen (secondary N) is 3. The van der Waals surface area contributed by atoms with Crippen LogP contribution < -0.4 is 10.3 Å². The third-order valence-electron chi connectivity index (χ3n) is 3.78. The molecule has 0 aliphatic heterocycles. The van der Waals surface area contributed by atoms with Crippen LogP contribution in [0.2, 0.25) is 0 Å². The van der Waals surface area contributed by atoms with Crippen LogP contribution in [-0.4, -0.2) is 23.5 Å². The van der Waals surface area contributed by atoms with Gasteiger partial charge >= 0.3 is 0 Å². The molecule has 0 atom stereocenters. The highest BCUT2D eigenvalue weighted by molar-refractivity contribution is 7.92. The zero-order valence-corrected chi connectivity index (χ0v) is 17.1. The molecule has 11 heteroatoms. The fourth-order valence-corrected chi connectivity index (χ4v) is 3.84. The molecular weight excluding hydrogens is 414 g/mol. The normalized spacial score (nSPS) is 11.7. The molecule has 1 aromatic heterocycles. The third-order valence-corrected chi connectivity index (χ3v) is 5.39. The van der Waals surface area contributed by atoms with Crippen molar-refractivity contribution in [1.82, 2.24) is 9.97 Å². The molecule has 3 aromatic rings. The lowest BCUT2D eigenvalue weighted by atomic mass is 10.1. The summed E-state index contributed by atoms with van der Waals surface area (Å²) in [5.74, 6) is -0.514.